The maximum absolute atomic E-state index is 13.1. The molecule has 1 aliphatic carbocycles. The van der Waals surface area contributed by atoms with Crippen LogP contribution in [0.15, 0.2) is 33.4 Å². The topological polar surface area (TPSA) is 106 Å². The zero-order valence-corrected chi connectivity index (χ0v) is 17.4. The van der Waals surface area contributed by atoms with Crippen LogP contribution in [0.4, 0.5) is 26.3 Å². The lowest BCUT2D eigenvalue weighted by molar-refractivity contribution is -0.141. The van der Waals surface area contributed by atoms with E-state index in [0.717, 1.165) is 19.3 Å². The number of aliphatic imine (C=N–C) groups is 1. The molecule has 1 atom stereocenters. The summed E-state index contributed by atoms with van der Waals surface area (Å²) >= 11 is 0. The van der Waals surface area contributed by atoms with Gasteiger partial charge in [0, 0.05) is 25.2 Å². The maximum atomic E-state index is 13.1. The molecule has 1 unspecified atom stereocenters. The highest BCUT2D eigenvalue weighted by Crippen LogP contribution is 2.36. The fourth-order valence-corrected chi connectivity index (χ4v) is 3.28. The standard InChI is InChI=1S/C20H19F6N5O2/c1-9-8-29-15(20(24,25)26)6-10(9)18-31-16-11(4-3-5-13(16)33-18)30-17(32)12(28-2)7-14(27)19(21,22)23/h6-8,11H,3-5,27H2,1-2H3,(H,30,32)/b14-7-,28-12?. The summed E-state index contributed by atoms with van der Waals surface area (Å²) in [4.78, 5) is 23.7. The van der Waals surface area contributed by atoms with Crippen molar-refractivity contribution >= 4 is 11.6 Å². The Kier molecular flexibility index (Phi) is 6.52. The van der Waals surface area contributed by atoms with Crippen LogP contribution in [-0.4, -0.2) is 34.8 Å². The van der Waals surface area contributed by atoms with Crippen LogP contribution in [0, 0.1) is 6.92 Å². The van der Waals surface area contributed by atoms with E-state index in [4.69, 9.17) is 10.2 Å². The van der Waals surface area contributed by atoms with Gasteiger partial charge in [-0.15, -0.1) is 0 Å². The molecule has 7 nitrogen and oxygen atoms in total. The van der Waals surface area contributed by atoms with Crippen molar-refractivity contribution in [2.45, 2.75) is 44.6 Å². The third-order valence-electron chi connectivity index (χ3n) is 4.98. The van der Waals surface area contributed by atoms with Gasteiger partial charge >= 0.3 is 12.4 Å². The first-order chi connectivity index (χ1) is 15.3. The van der Waals surface area contributed by atoms with E-state index >= 15 is 0 Å². The van der Waals surface area contributed by atoms with Gasteiger partial charge in [0.1, 0.15) is 28.6 Å². The summed E-state index contributed by atoms with van der Waals surface area (Å²) in [6.07, 6.45) is -6.63. The van der Waals surface area contributed by atoms with E-state index in [9.17, 15) is 31.1 Å². The second kappa shape index (κ2) is 8.87. The number of aromatic nitrogens is 2. The number of alkyl halides is 6. The Morgan fingerprint density at radius 2 is 2.00 bits per heavy atom. The zero-order valence-electron chi connectivity index (χ0n) is 17.4. The number of pyridine rings is 1. The van der Waals surface area contributed by atoms with E-state index < -0.39 is 41.4 Å². The second-order valence-corrected chi connectivity index (χ2v) is 7.33. The number of rotatable bonds is 4. The Bertz CT molecular complexity index is 1120. The molecule has 0 aromatic carbocycles. The molecule has 2 aromatic heterocycles. The molecule has 0 aliphatic heterocycles. The van der Waals surface area contributed by atoms with Crippen molar-refractivity contribution in [1.29, 1.82) is 0 Å². The van der Waals surface area contributed by atoms with Crippen molar-refractivity contribution in [3.8, 4) is 11.5 Å². The molecule has 3 N–H and O–H groups in total. The normalized spacial score (nSPS) is 17.6. The maximum Gasteiger partial charge on any atom is 0.433 e. The van der Waals surface area contributed by atoms with Gasteiger partial charge in [0.05, 0.1) is 6.04 Å². The Balaban J connectivity index is 1.90. The van der Waals surface area contributed by atoms with E-state index in [2.05, 4.69) is 20.3 Å². The van der Waals surface area contributed by atoms with Gasteiger partial charge in [0.25, 0.3) is 5.91 Å². The zero-order chi connectivity index (χ0) is 24.6. The molecule has 2 heterocycles. The second-order valence-electron chi connectivity index (χ2n) is 7.33. The summed E-state index contributed by atoms with van der Waals surface area (Å²) < 4.78 is 82.9. The Hall–Kier alpha value is -3.38. The number of aryl methyl sites for hydroxylation is 2. The van der Waals surface area contributed by atoms with Crippen LogP contribution >= 0.6 is 0 Å². The largest absolute Gasteiger partial charge is 0.441 e. The lowest BCUT2D eigenvalue weighted by Gasteiger charge is -2.21. The van der Waals surface area contributed by atoms with Crippen LogP contribution < -0.4 is 11.1 Å². The predicted octanol–water partition coefficient (Wildman–Crippen LogP) is 4.03. The number of hydrogen-bond donors (Lipinski definition) is 2. The average molecular weight is 475 g/mol. The number of carbonyl (C=O) groups is 1. The summed E-state index contributed by atoms with van der Waals surface area (Å²) in [5.41, 5.74) is 2.60. The number of carbonyl (C=O) groups excluding carboxylic acids is 1. The van der Waals surface area contributed by atoms with E-state index in [1.54, 1.807) is 6.92 Å². The minimum atomic E-state index is -4.83. The fourth-order valence-electron chi connectivity index (χ4n) is 3.28. The monoisotopic (exact) mass is 475 g/mol. The van der Waals surface area contributed by atoms with Crippen LogP contribution in [0.5, 0.6) is 0 Å². The molecule has 178 valence electrons. The molecule has 0 spiro atoms. The number of fused-ring (bicyclic) bond motifs is 1. The number of nitrogens with two attached hydrogens (primary N) is 1. The van der Waals surface area contributed by atoms with Crippen LogP contribution in [0.25, 0.3) is 11.5 Å². The molecule has 13 heteroatoms. The number of nitrogens with one attached hydrogen (secondary N) is 1. The Labute approximate surface area is 183 Å². The first-order valence-electron chi connectivity index (χ1n) is 9.67. The number of halogens is 6. The van der Waals surface area contributed by atoms with Crippen LogP contribution in [0.3, 0.4) is 0 Å². The molecule has 0 saturated carbocycles. The molecule has 2 aromatic rings. The first kappa shape index (κ1) is 24.3. The van der Waals surface area contributed by atoms with Crippen molar-refractivity contribution in [3.63, 3.8) is 0 Å². The van der Waals surface area contributed by atoms with Gasteiger partial charge in [-0.1, -0.05) is 0 Å². The molecule has 3 rings (SSSR count). The van der Waals surface area contributed by atoms with Crippen LogP contribution in [-0.2, 0) is 17.4 Å². The number of allylic oxidation sites excluding steroid dienone is 1. The molecule has 0 radical (unpaired) electrons. The number of oxazole rings is 1. The summed E-state index contributed by atoms with van der Waals surface area (Å²) in [7, 11) is 1.14. The van der Waals surface area contributed by atoms with Crippen LogP contribution in [0.1, 0.15) is 41.6 Å². The minimum Gasteiger partial charge on any atom is -0.441 e. The van der Waals surface area contributed by atoms with E-state index in [1.807, 2.05) is 0 Å². The summed E-state index contributed by atoms with van der Waals surface area (Å²) in [5.74, 6) is -0.615. The smallest absolute Gasteiger partial charge is 0.433 e. The quantitative estimate of drug-likeness (QED) is 0.513. The van der Waals surface area contributed by atoms with Crippen molar-refractivity contribution in [1.82, 2.24) is 15.3 Å². The van der Waals surface area contributed by atoms with Gasteiger partial charge in [-0.25, -0.2) is 4.98 Å². The summed E-state index contributed by atoms with van der Waals surface area (Å²) in [6, 6.07) is 0.0903. The Morgan fingerprint density at radius 3 is 2.61 bits per heavy atom. The molecule has 0 saturated heterocycles. The molecular weight excluding hydrogens is 456 g/mol. The van der Waals surface area contributed by atoms with Gasteiger partial charge in [-0.05, 0) is 37.5 Å². The van der Waals surface area contributed by atoms with Gasteiger partial charge in [0.2, 0.25) is 5.89 Å². The molecule has 0 bridgehead atoms. The molecular formula is C20H19F6N5O2. The SMILES string of the molecule is CN=C(/C=C(\N)C(F)(F)F)C(=O)NC1CCCc2oc(-c3cc(C(F)(F)F)ncc3C)nc21. The highest BCUT2D eigenvalue weighted by atomic mass is 19.4. The first-order valence-corrected chi connectivity index (χ1v) is 9.67. The van der Waals surface area contributed by atoms with Crippen molar-refractivity contribution in [2.24, 2.45) is 10.7 Å². The van der Waals surface area contributed by atoms with Crippen molar-refractivity contribution in [3.05, 3.63) is 46.7 Å². The van der Waals surface area contributed by atoms with E-state index in [0.29, 0.717) is 36.7 Å². The predicted molar refractivity (Wildman–Crippen MR) is 105 cm³/mol. The van der Waals surface area contributed by atoms with E-state index in [1.165, 1.54) is 0 Å². The highest BCUT2D eigenvalue weighted by Gasteiger charge is 2.35. The molecule has 0 fully saturated rings. The van der Waals surface area contributed by atoms with Gasteiger partial charge < -0.3 is 15.5 Å². The minimum absolute atomic E-state index is 0.0721. The third-order valence-corrected chi connectivity index (χ3v) is 4.98. The van der Waals surface area contributed by atoms with Gasteiger partial charge in [-0.2, -0.15) is 26.3 Å². The molecule has 33 heavy (non-hydrogen) atoms. The van der Waals surface area contributed by atoms with Gasteiger partial charge in [0.15, 0.2) is 0 Å². The number of amides is 1. The van der Waals surface area contributed by atoms with E-state index in [-0.39, 0.29) is 17.1 Å². The molecule has 1 amide bonds. The van der Waals surface area contributed by atoms with Crippen molar-refractivity contribution in [2.75, 3.05) is 7.05 Å². The average Bonchev–Trinajstić information content (AvgIpc) is 3.15. The summed E-state index contributed by atoms with van der Waals surface area (Å²) in [6.45, 7) is 1.55. The lowest BCUT2D eigenvalue weighted by Crippen LogP contribution is -2.36. The van der Waals surface area contributed by atoms with Crippen molar-refractivity contribution < 1.29 is 35.6 Å². The van der Waals surface area contributed by atoms with Crippen LogP contribution in [0.2, 0.25) is 0 Å². The van der Waals surface area contributed by atoms with Gasteiger partial charge in [-0.3, -0.25) is 14.8 Å². The number of nitrogens with zero attached hydrogens (tertiary/aromatic N) is 3. The highest BCUT2D eigenvalue weighted by molar-refractivity contribution is 6.43. The third kappa shape index (κ3) is 5.34. The lowest BCUT2D eigenvalue weighted by atomic mass is 9.96. The molecule has 1 aliphatic rings. The summed E-state index contributed by atoms with van der Waals surface area (Å²) in [5, 5.41) is 2.55. The fraction of sp³-hybridized carbons (Fsp3) is 0.400. The Morgan fingerprint density at radius 1 is 1.30 bits per heavy atom. The number of hydrogen-bond acceptors (Lipinski definition) is 6.